The Morgan fingerprint density at radius 2 is 1.87 bits per heavy atom. The topological polar surface area (TPSA) is 59.2 Å². The van der Waals surface area contributed by atoms with Crippen LogP contribution >= 0.6 is 15.9 Å². The lowest BCUT2D eigenvalue weighted by Gasteiger charge is -2.13. The van der Waals surface area contributed by atoms with E-state index in [1.165, 1.54) is 7.11 Å². The van der Waals surface area contributed by atoms with Gasteiger partial charge in [0.15, 0.2) is 0 Å². The Labute approximate surface area is 141 Å². The second-order valence-electron chi connectivity index (χ2n) is 5.21. The maximum atomic E-state index is 12.5. The monoisotopic (exact) mass is 371 g/mol. The number of pyridine rings is 1. The molecule has 4 nitrogen and oxygen atoms in total. The van der Waals surface area contributed by atoms with Gasteiger partial charge < -0.3 is 9.72 Å². The van der Waals surface area contributed by atoms with Gasteiger partial charge in [-0.3, -0.25) is 4.79 Å². The molecule has 0 spiro atoms. The molecule has 0 fully saturated rings. The highest BCUT2D eigenvalue weighted by Crippen LogP contribution is 2.33. The van der Waals surface area contributed by atoms with Crippen LogP contribution in [-0.4, -0.2) is 18.1 Å². The predicted molar refractivity (Wildman–Crippen MR) is 93.8 cm³/mol. The number of halogens is 1. The number of aromatic amines is 1. The van der Waals surface area contributed by atoms with Crippen LogP contribution < -0.4 is 5.56 Å². The van der Waals surface area contributed by atoms with E-state index in [9.17, 15) is 9.59 Å². The summed E-state index contributed by atoms with van der Waals surface area (Å²) in [6.07, 6.45) is 0. The number of carbonyl (C=O) groups is 1. The molecule has 0 aliphatic carbocycles. The van der Waals surface area contributed by atoms with Gasteiger partial charge in [-0.05, 0) is 30.2 Å². The molecule has 0 radical (unpaired) electrons. The maximum absolute atomic E-state index is 12.5. The second-order valence-corrected chi connectivity index (χ2v) is 6.12. The number of nitrogens with one attached hydrogen (secondary N) is 1. The first-order chi connectivity index (χ1) is 11.0. The number of carbonyl (C=O) groups excluding carboxylic acids is 1. The molecule has 0 aliphatic heterocycles. The Bertz CT molecular complexity index is 961. The first-order valence-electron chi connectivity index (χ1n) is 7.02. The van der Waals surface area contributed by atoms with Gasteiger partial charge in [-0.25, -0.2) is 4.79 Å². The number of benzene rings is 2. The molecule has 0 aliphatic rings. The quantitative estimate of drug-likeness (QED) is 0.691. The minimum absolute atomic E-state index is 0.0173. The van der Waals surface area contributed by atoms with Gasteiger partial charge >= 0.3 is 5.97 Å². The van der Waals surface area contributed by atoms with E-state index in [2.05, 4.69) is 20.9 Å². The van der Waals surface area contributed by atoms with Gasteiger partial charge in [0.2, 0.25) is 0 Å². The van der Waals surface area contributed by atoms with E-state index in [-0.39, 0.29) is 5.56 Å². The molecule has 3 rings (SSSR count). The molecule has 23 heavy (non-hydrogen) atoms. The first-order valence-corrected chi connectivity index (χ1v) is 7.82. The summed E-state index contributed by atoms with van der Waals surface area (Å²) in [6, 6.07) is 13.2. The van der Waals surface area contributed by atoms with Gasteiger partial charge in [0.25, 0.3) is 5.56 Å². The molecular weight excluding hydrogens is 358 g/mol. The van der Waals surface area contributed by atoms with Crippen molar-refractivity contribution in [2.24, 2.45) is 0 Å². The Morgan fingerprint density at radius 1 is 1.17 bits per heavy atom. The normalized spacial score (nSPS) is 10.7. The van der Waals surface area contributed by atoms with Gasteiger partial charge in [-0.1, -0.05) is 46.3 Å². The molecule has 0 saturated carbocycles. The third kappa shape index (κ3) is 2.68. The summed E-state index contributed by atoms with van der Waals surface area (Å²) in [7, 11) is 1.27. The SMILES string of the molecule is COC(=O)c1c(-c2ccccc2)c2cc(Br)cc(C)c2[nH]c1=O. The number of methoxy groups -OCH3 is 1. The Hall–Kier alpha value is -2.40. The van der Waals surface area contributed by atoms with Gasteiger partial charge in [0.05, 0.1) is 12.6 Å². The summed E-state index contributed by atoms with van der Waals surface area (Å²) in [4.78, 5) is 27.5. The number of ether oxygens (including phenoxy) is 1. The molecule has 116 valence electrons. The molecule has 1 N–H and O–H groups in total. The Kier molecular flexibility index (Phi) is 4.05. The summed E-state index contributed by atoms with van der Waals surface area (Å²) in [5.74, 6) is -0.648. The summed E-state index contributed by atoms with van der Waals surface area (Å²) in [5.41, 5.74) is 2.57. The summed E-state index contributed by atoms with van der Waals surface area (Å²) >= 11 is 3.48. The molecule has 5 heteroatoms. The van der Waals surface area contributed by atoms with Crippen LogP contribution in [-0.2, 0) is 4.74 Å². The van der Waals surface area contributed by atoms with Crippen LogP contribution in [0.15, 0.2) is 51.7 Å². The van der Waals surface area contributed by atoms with Crippen LogP contribution in [0.5, 0.6) is 0 Å². The number of H-pyrrole nitrogens is 1. The summed E-state index contributed by atoms with van der Waals surface area (Å²) in [5, 5.41) is 0.795. The fourth-order valence-electron chi connectivity index (χ4n) is 2.73. The molecule has 0 amide bonds. The molecule has 1 aromatic heterocycles. The number of hydrogen-bond acceptors (Lipinski definition) is 3. The minimum atomic E-state index is -0.648. The standard InChI is InChI=1S/C18H14BrNO3/c1-10-8-12(19)9-13-14(11-6-4-3-5-7-11)15(18(22)23-2)17(21)20-16(10)13/h3-9H,1-2H3,(H,20,21). The number of rotatable bonds is 2. The van der Waals surface area contributed by atoms with Crippen molar-refractivity contribution in [3.63, 3.8) is 0 Å². The lowest BCUT2D eigenvalue weighted by Crippen LogP contribution is -2.21. The predicted octanol–water partition coefficient (Wildman–Crippen LogP) is 4.05. The van der Waals surface area contributed by atoms with Crippen molar-refractivity contribution in [2.75, 3.05) is 7.11 Å². The van der Waals surface area contributed by atoms with E-state index in [0.29, 0.717) is 11.1 Å². The van der Waals surface area contributed by atoms with Crippen LogP contribution in [0, 0.1) is 6.92 Å². The van der Waals surface area contributed by atoms with E-state index in [0.717, 1.165) is 21.0 Å². The number of hydrogen-bond donors (Lipinski definition) is 1. The average molecular weight is 372 g/mol. The molecule has 0 saturated heterocycles. The van der Waals surface area contributed by atoms with Gasteiger partial charge in [-0.2, -0.15) is 0 Å². The van der Waals surface area contributed by atoms with E-state index in [4.69, 9.17) is 4.74 Å². The highest BCUT2D eigenvalue weighted by Gasteiger charge is 2.22. The lowest BCUT2D eigenvalue weighted by atomic mass is 9.95. The van der Waals surface area contributed by atoms with E-state index in [1.54, 1.807) is 0 Å². The van der Waals surface area contributed by atoms with Crippen molar-refractivity contribution in [1.82, 2.24) is 4.98 Å². The molecule has 0 bridgehead atoms. The molecular formula is C18H14BrNO3. The van der Waals surface area contributed by atoms with E-state index >= 15 is 0 Å². The third-order valence-corrected chi connectivity index (χ3v) is 4.20. The van der Waals surface area contributed by atoms with Gasteiger partial charge in [0, 0.05) is 15.4 Å². The Morgan fingerprint density at radius 3 is 2.52 bits per heavy atom. The molecule has 3 aromatic rings. The van der Waals surface area contributed by atoms with Crippen LogP contribution in [0.4, 0.5) is 0 Å². The zero-order chi connectivity index (χ0) is 16.6. The summed E-state index contributed by atoms with van der Waals surface area (Å²) in [6.45, 7) is 1.91. The number of esters is 1. The van der Waals surface area contributed by atoms with Crippen molar-refractivity contribution >= 4 is 32.8 Å². The third-order valence-electron chi connectivity index (χ3n) is 3.74. The van der Waals surface area contributed by atoms with Gasteiger partial charge in [0.1, 0.15) is 5.56 Å². The van der Waals surface area contributed by atoms with Crippen LogP contribution in [0.25, 0.3) is 22.0 Å². The molecule has 0 unspecified atom stereocenters. The average Bonchev–Trinajstić information content (AvgIpc) is 2.54. The maximum Gasteiger partial charge on any atom is 0.344 e. The largest absolute Gasteiger partial charge is 0.465 e. The molecule has 0 atom stereocenters. The van der Waals surface area contributed by atoms with Crippen molar-refractivity contribution in [2.45, 2.75) is 6.92 Å². The number of fused-ring (bicyclic) bond motifs is 1. The van der Waals surface area contributed by atoms with Crippen molar-refractivity contribution in [3.05, 3.63) is 68.4 Å². The summed E-state index contributed by atoms with van der Waals surface area (Å²) < 4.78 is 5.70. The highest BCUT2D eigenvalue weighted by molar-refractivity contribution is 9.10. The fourth-order valence-corrected chi connectivity index (χ4v) is 3.30. The zero-order valence-corrected chi connectivity index (χ0v) is 14.2. The Balaban J connectivity index is 2.55. The number of aryl methyl sites for hydroxylation is 1. The molecule has 1 heterocycles. The van der Waals surface area contributed by atoms with E-state index < -0.39 is 11.5 Å². The first kappa shape index (κ1) is 15.5. The van der Waals surface area contributed by atoms with E-state index in [1.807, 2.05) is 49.4 Å². The van der Waals surface area contributed by atoms with Gasteiger partial charge in [-0.15, -0.1) is 0 Å². The van der Waals surface area contributed by atoms with Crippen molar-refractivity contribution in [3.8, 4) is 11.1 Å². The van der Waals surface area contributed by atoms with Crippen molar-refractivity contribution < 1.29 is 9.53 Å². The second kappa shape index (κ2) is 6.01. The molecule has 2 aromatic carbocycles. The fraction of sp³-hybridized carbons (Fsp3) is 0.111. The highest BCUT2D eigenvalue weighted by atomic mass is 79.9. The lowest BCUT2D eigenvalue weighted by molar-refractivity contribution is 0.0600. The smallest absolute Gasteiger partial charge is 0.344 e. The van der Waals surface area contributed by atoms with Crippen LogP contribution in [0.1, 0.15) is 15.9 Å². The van der Waals surface area contributed by atoms with Crippen molar-refractivity contribution in [1.29, 1.82) is 0 Å². The zero-order valence-electron chi connectivity index (χ0n) is 12.6. The number of aromatic nitrogens is 1. The minimum Gasteiger partial charge on any atom is -0.465 e. The van der Waals surface area contributed by atoms with Crippen LogP contribution in [0.2, 0.25) is 0 Å². The van der Waals surface area contributed by atoms with Crippen LogP contribution in [0.3, 0.4) is 0 Å².